The van der Waals surface area contributed by atoms with Gasteiger partial charge < -0.3 is 15.3 Å². The second-order valence-electron chi connectivity index (χ2n) is 10.4. The summed E-state index contributed by atoms with van der Waals surface area (Å²) in [5.41, 5.74) is 3.45. The van der Waals surface area contributed by atoms with Gasteiger partial charge in [-0.05, 0) is 67.2 Å². The van der Waals surface area contributed by atoms with Crippen LogP contribution in [-0.2, 0) is 16.8 Å². The second kappa shape index (κ2) is 8.64. The van der Waals surface area contributed by atoms with Crippen molar-refractivity contribution in [3.63, 3.8) is 0 Å². The van der Waals surface area contributed by atoms with Gasteiger partial charge in [0.2, 0.25) is 0 Å². The first kappa shape index (κ1) is 21.7. The molecule has 5 rings (SSSR count). The van der Waals surface area contributed by atoms with Gasteiger partial charge in [0.05, 0.1) is 0 Å². The lowest BCUT2D eigenvalue weighted by Gasteiger charge is -2.33. The Morgan fingerprint density at radius 1 is 1.03 bits per heavy atom. The van der Waals surface area contributed by atoms with Gasteiger partial charge in [0.15, 0.2) is 5.60 Å². The van der Waals surface area contributed by atoms with Gasteiger partial charge in [0.25, 0.3) is 5.91 Å². The number of hydrogen-bond acceptors (Lipinski definition) is 3. The van der Waals surface area contributed by atoms with E-state index in [4.69, 9.17) is 0 Å². The number of likely N-dealkylation sites (tertiary alicyclic amines) is 1. The minimum atomic E-state index is -1.41. The van der Waals surface area contributed by atoms with Crippen LogP contribution in [0.3, 0.4) is 0 Å². The SMILES string of the molecule is Cc1ccc(CCN2C[C@@H]3C(NC(=O)C(O)(c4ccccc4)C4CCCC4)[C@@H]3C2)cc1C. The van der Waals surface area contributed by atoms with Crippen molar-refractivity contribution in [2.24, 2.45) is 17.8 Å². The lowest BCUT2D eigenvalue weighted by molar-refractivity contribution is -0.147. The molecule has 32 heavy (non-hydrogen) atoms. The van der Waals surface area contributed by atoms with Crippen LogP contribution in [0.25, 0.3) is 0 Å². The number of aryl methyl sites for hydroxylation is 2. The van der Waals surface area contributed by atoms with Gasteiger partial charge in [-0.3, -0.25) is 4.79 Å². The number of aliphatic hydroxyl groups is 1. The molecule has 1 heterocycles. The molecule has 3 aliphatic rings. The maximum Gasteiger partial charge on any atom is 0.257 e. The molecule has 0 aromatic heterocycles. The third-order valence-corrected chi connectivity index (χ3v) is 8.36. The van der Waals surface area contributed by atoms with Gasteiger partial charge >= 0.3 is 0 Å². The summed E-state index contributed by atoms with van der Waals surface area (Å²) in [4.78, 5) is 15.9. The highest BCUT2D eigenvalue weighted by atomic mass is 16.3. The highest BCUT2D eigenvalue weighted by Gasteiger charge is 2.58. The summed E-state index contributed by atoms with van der Waals surface area (Å²) in [7, 11) is 0. The van der Waals surface area contributed by atoms with Crippen LogP contribution in [0.5, 0.6) is 0 Å². The second-order valence-corrected chi connectivity index (χ2v) is 10.4. The first-order valence-corrected chi connectivity index (χ1v) is 12.3. The number of carbonyl (C=O) groups is 1. The number of nitrogens with one attached hydrogen (secondary N) is 1. The molecule has 3 fully saturated rings. The highest BCUT2D eigenvalue weighted by molar-refractivity contribution is 5.87. The topological polar surface area (TPSA) is 52.6 Å². The molecule has 2 unspecified atom stereocenters. The van der Waals surface area contributed by atoms with Crippen LogP contribution in [0.4, 0.5) is 0 Å². The fourth-order valence-corrected chi connectivity index (χ4v) is 6.11. The average molecular weight is 433 g/mol. The van der Waals surface area contributed by atoms with Crippen molar-refractivity contribution in [2.45, 2.75) is 57.6 Å². The summed E-state index contributed by atoms with van der Waals surface area (Å²) in [6.45, 7) is 7.51. The molecule has 4 atom stereocenters. The predicted octanol–water partition coefficient (Wildman–Crippen LogP) is 3.97. The molecule has 1 saturated heterocycles. The molecule has 1 aliphatic heterocycles. The summed E-state index contributed by atoms with van der Waals surface area (Å²) in [6.07, 6.45) is 5.10. The molecule has 2 aromatic rings. The Morgan fingerprint density at radius 3 is 2.38 bits per heavy atom. The quantitative estimate of drug-likeness (QED) is 0.696. The van der Waals surface area contributed by atoms with E-state index >= 15 is 0 Å². The van der Waals surface area contributed by atoms with Gasteiger partial charge in [0.1, 0.15) is 0 Å². The standard InChI is InChI=1S/C28H36N2O2/c1-19-12-13-21(16-20(19)2)14-15-30-17-24-25(18-30)26(24)29-27(31)28(32,23-10-6-7-11-23)22-8-4-3-5-9-22/h3-5,8-9,12-13,16,23-26,32H,6-7,10-11,14-15,17-18H2,1-2H3,(H,29,31)/t24-,25+,26?,28?. The third kappa shape index (κ3) is 3.99. The van der Waals surface area contributed by atoms with E-state index in [9.17, 15) is 9.90 Å². The number of fused-ring (bicyclic) bond motifs is 1. The Balaban J connectivity index is 1.17. The van der Waals surface area contributed by atoms with Crippen LogP contribution < -0.4 is 5.32 Å². The zero-order chi connectivity index (χ0) is 22.3. The number of benzene rings is 2. The van der Waals surface area contributed by atoms with Crippen molar-refractivity contribution in [3.8, 4) is 0 Å². The Labute approximate surface area is 192 Å². The van der Waals surface area contributed by atoms with E-state index in [0.717, 1.165) is 57.3 Å². The fourth-order valence-electron chi connectivity index (χ4n) is 6.11. The highest BCUT2D eigenvalue weighted by Crippen LogP contribution is 2.47. The minimum absolute atomic E-state index is 0.0120. The fraction of sp³-hybridized carbons (Fsp3) is 0.536. The number of carbonyl (C=O) groups excluding carboxylic acids is 1. The molecule has 2 N–H and O–H groups in total. The summed E-state index contributed by atoms with van der Waals surface area (Å²) >= 11 is 0. The van der Waals surface area contributed by atoms with Gasteiger partial charge in [-0.1, -0.05) is 61.4 Å². The van der Waals surface area contributed by atoms with Gasteiger partial charge in [0, 0.05) is 31.6 Å². The monoisotopic (exact) mass is 432 g/mol. The van der Waals surface area contributed by atoms with Gasteiger partial charge in [-0.25, -0.2) is 0 Å². The van der Waals surface area contributed by atoms with Crippen LogP contribution in [0.15, 0.2) is 48.5 Å². The van der Waals surface area contributed by atoms with Crippen LogP contribution >= 0.6 is 0 Å². The largest absolute Gasteiger partial charge is 0.375 e. The van der Waals surface area contributed by atoms with Gasteiger partial charge in [-0.15, -0.1) is 0 Å². The smallest absolute Gasteiger partial charge is 0.257 e. The predicted molar refractivity (Wildman–Crippen MR) is 127 cm³/mol. The molecule has 4 nitrogen and oxygen atoms in total. The first-order valence-electron chi connectivity index (χ1n) is 12.3. The lowest BCUT2D eigenvalue weighted by Crippen LogP contribution is -2.51. The van der Waals surface area contributed by atoms with Crippen molar-refractivity contribution in [1.29, 1.82) is 0 Å². The van der Waals surface area contributed by atoms with Crippen LogP contribution in [0.2, 0.25) is 0 Å². The van der Waals surface area contributed by atoms with E-state index in [0.29, 0.717) is 11.8 Å². The summed E-state index contributed by atoms with van der Waals surface area (Å²) in [6, 6.07) is 16.6. The zero-order valence-electron chi connectivity index (χ0n) is 19.4. The van der Waals surface area contributed by atoms with Gasteiger partial charge in [-0.2, -0.15) is 0 Å². The Bertz CT molecular complexity index is 957. The Morgan fingerprint density at radius 2 is 1.72 bits per heavy atom. The molecule has 2 aliphatic carbocycles. The third-order valence-electron chi connectivity index (χ3n) is 8.36. The van der Waals surface area contributed by atoms with Crippen LogP contribution in [0.1, 0.15) is 47.9 Å². The molecular formula is C28H36N2O2. The van der Waals surface area contributed by atoms with E-state index in [2.05, 4.69) is 42.3 Å². The molecule has 4 heteroatoms. The van der Waals surface area contributed by atoms with Crippen LogP contribution in [0, 0.1) is 31.6 Å². The Kier molecular flexibility index (Phi) is 5.85. The molecule has 2 aromatic carbocycles. The molecule has 1 amide bonds. The molecule has 0 bridgehead atoms. The molecule has 0 radical (unpaired) electrons. The number of nitrogens with zero attached hydrogens (tertiary/aromatic N) is 1. The number of rotatable bonds is 7. The molecule has 2 saturated carbocycles. The number of amides is 1. The first-order chi connectivity index (χ1) is 15.5. The summed E-state index contributed by atoms with van der Waals surface area (Å²) in [5.74, 6) is 0.888. The lowest BCUT2D eigenvalue weighted by atomic mass is 9.79. The average Bonchev–Trinajstić information content (AvgIpc) is 3.22. The van der Waals surface area contributed by atoms with Crippen molar-refractivity contribution >= 4 is 5.91 Å². The van der Waals surface area contributed by atoms with Crippen molar-refractivity contribution in [1.82, 2.24) is 10.2 Å². The maximum atomic E-state index is 13.4. The van der Waals surface area contributed by atoms with Crippen molar-refractivity contribution in [3.05, 3.63) is 70.8 Å². The molecular weight excluding hydrogens is 396 g/mol. The summed E-state index contributed by atoms with van der Waals surface area (Å²) < 4.78 is 0. The summed E-state index contributed by atoms with van der Waals surface area (Å²) in [5, 5.41) is 14.9. The molecule has 0 spiro atoms. The maximum absolute atomic E-state index is 13.4. The van der Waals surface area contributed by atoms with Crippen molar-refractivity contribution < 1.29 is 9.90 Å². The molecule has 170 valence electrons. The van der Waals surface area contributed by atoms with E-state index < -0.39 is 5.60 Å². The van der Waals surface area contributed by atoms with E-state index in [1.165, 1.54) is 16.7 Å². The minimum Gasteiger partial charge on any atom is -0.375 e. The van der Waals surface area contributed by atoms with E-state index in [1.807, 2.05) is 30.3 Å². The van der Waals surface area contributed by atoms with E-state index in [-0.39, 0.29) is 17.9 Å². The number of hydrogen-bond donors (Lipinski definition) is 2. The van der Waals surface area contributed by atoms with E-state index in [1.54, 1.807) is 0 Å². The Hall–Kier alpha value is -2.17. The normalized spacial score (nSPS) is 27.2. The van der Waals surface area contributed by atoms with Crippen molar-refractivity contribution in [2.75, 3.05) is 19.6 Å². The zero-order valence-corrected chi connectivity index (χ0v) is 19.4. The number of piperidine rings is 1. The van der Waals surface area contributed by atoms with Crippen LogP contribution in [-0.4, -0.2) is 41.6 Å².